The molecule has 0 spiro atoms. The molecule has 2 heterocycles. The number of hydrogen-bond donors (Lipinski definition) is 0. The molecule has 0 fully saturated rings. The molecule has 0 radical (unpaired) electrons. The maximum Gasteiger partial charge on any atom is 0.210 e. The van der Waals surface area contributed by atoms with Gasteiger partial charge in [-0.05, 0) is 77.9 Å². The third-order valence-corrected chi connectivity index (χ3v) is 10.6. The maximum absolute atomic E-state index is 2.62. The molecule has 2 nitrogen and oxygen atoms in total. The summed E-state index contributed by atoms with van der Waals surface area (Å²) in [7, 11) is 0. The van der Waals surface area contributed by atoms with Gasteiger partial charge in [-0.3, -0.25) is 0 Å². The molecule has 0 amide bonds. The van der Waals surface area contributed by atoms with E-state index in [-0.39, 0.29) is 10.8 Å². The van der Waals surface area contributed by atoms with Crippen molar-refractivity contribution in [2.24, 2.45) is 5.92 Å². The van der Waals surface area contributed by atoms with E-state index in [1.54, 1.807) is 0 Å². The van der Waals surface area contributed by atoms with Crippen LogP contribution in [0.4, 0.5) is 11.4 Å². The lowest BCUT2D eigenvalue weighted by molar-refractivity contribution is -0.438. The summed E-state index contributed by atoms with van der Waals surface area (Å²) in [5.41, 5.74) is 8.31. The molecule has 0 unspecified atom stereocenters. The van der Waals surface area contributed by atoms with Gasteiger partial charge in [0.05, 0.1) is 5.41 Å². The van der Waals surface area contributed by atoms with Crippen molar-refractivity contribution in [2.45, 2.75) is 97.8 Å². The Hall–Kier alpha value is -3.91. The summed E-state index contributed by atoms with van der Waals surface area (Å²) in [5, 5.41) is 5.41. The van der Waals surface area contributed by atoms with E-state index in [9.17, 15) is 0 Å². The summed E-state index contributed by atoms with van der Waals surface area (Å²) in [6.07, 6.45) is 19.0. The third kappa shape index (κ3) is 6.24. The fraction of sp³-hybridized carbons (Fsp3) is 0.400. The second-order valence-corrected chi connectivity index (χ2v) is 15.2. The van der Waals surface area contributed by atoms with E-state index in [1.807, 2.05) is 0 Å². The summed E-state index contributed by atoms with van der Waals surface area (Å²) in [5.74, 6) is 0.779. The van der Waals surface area contributed by atoms with Crippen molar-refractivity contribution < 1.29 is 4.58 Å². The highest BCUT2D eigenvalue weighted by Crippen LogP contribution is 2.51. The van der Waals surface area contributed by atoms with Gasteiger partial charge in [0.1, 0.15) is 6.54 Å². The number of rotatable bonds is 12. The minimum Gasteiger partial charge on any atom is -0.344 e. The van der Waals surface area contributed by atoms with Crippen LogP contribution >= 0.6 is 0 Å². The Labute approximate surface area is 284 Å². The standard InChI is InChI=1S/C45H55N2/c1-8-9-31-46-38-29-27-34-21-15-17-23-36(34)42(38)44(4,5)40(46)25-13-10-14-26-41-45(6,7)43-37-24-18-16-22-35(37)28-30-39(43)47(41)32-19-11-12-20-33(2)3/h10,13-18,21-30,33H,8-9,11-12,19-20,31-32H2,1-7H3/q+1. The molecule has 244 valence electrons. The van der Waals surface area contributed by atoms with Crippen LogP contribution in [0.15, 0.2) is 109 Å². The van der Waals surface area contributed by atoms with Crippen LogP contribution in [0.25, 0.3) is 21.5 Å². The van der Waals surface area contributed by atoms with Gasteiger partial charge in [-0.2, -0.15) is 4.58 Å². The summed E-state index contributed by atoms with van der Waals surface area (Å²) >= 11 is 0. The van der Waals surface area contributed by atoms with Crippen LogP contribution in [0, 0.1) is 5.92 Å². The number of hydrogen-bond acceptors (Lipinski definition) is 1. The molecule has 0 bridgehead atoms. The second kappa shape index (κ2) is 13.7. The van der Waals surface area contributed by atoms with Gasteiger partial charge in [0.15, 0.2) is 5.71 Å². The highest BCUT2D eigenvalue weighted by atomic mass is 15.2. The van der Waals surface area contributed by atoms with Crippen LogP contribution < -0.4 is 4.90 Å². The van der Waals surface area contributed by atoms with E-state index >= 15 is 0 Å². The molecule has 0 aromatic heterocycles. The van der Waals surface area contributed by atoms with Crippen molar-refractivity contribution in [3.63, 3.8) is 0 Å². The average molecular weight is 624 g/mol. The minimum atomic E-state index is -0.0793. The predicted molar refractivity (Wildman–Crippen MR) is 206 cm³/mol. The Morgan fingerprint density at radius 3 is 2.09 bits per heavy atom. The van der Waals surface area contributed by atoms with Gasteiger partial charge >= 0.3 is 0 Å². The summed E-state index contributed by atoms with van der Waals surface area (Å²) in [6.45, 7) is 18.7. The molecule has 4 aromatic carbocycles. The lowest BCUT2D eigenvalue weighted by Crippen LogP contribution is -2.28. The monoisotopic (exact) mass is 623 g/mol. The van der Waals surface area contributed by atoms with Gasteiger partial charge < -0.3 is 4.90 Å². The van der Waals surface area contributed by atoms with Gasteiger partial charge in [-0.1, -0.05) is 127 Å². The van der Waals surface area contributed by atoms with Gasteiger partial charge in [0, 0.05) is 47.5 Å². The first-order valence-corrected chi connectivity index (χ1v) is 18.2. The van der Waals surface area contributed by atoms with Gasteiger partial charge in [-0.15, -0.1) is 0 Å². The number of unbranched alkanes of at least 4 members (excludes halogenated alkanes) is 3. The molecule has 0 N–H and O–H groups in total. The van der Waals surface area contributed by atoms with E-state index in [4.69, 9.17) is 0 Å². The summed E-state index contributed by atoms with van der Waals surface area (Å²) in [6, 6.07) is 27.1. The smallest absolute Gasteiger partial charge is 0.210 e. The van der Waals surface area contributed by atoms with Gasteiger partial charge in [0.2, 0.25) is 5.69 Å². The molecule has 2 heteroatoms. The quantitative estimate of drug-likeness (QED) is 0.0864. The Balaban J connectivity index is 1.32. The lowest BCUT2D eigenvalue weighted by atomic mass is 9.79. The zero-order valence-electron chi connectivity index (χ0n) is 29.9. The fourth-order valence-electron chi connectivity index (χ4n) is 8.23. The predicted octanol–water partition coefficient (Wildman–Crippen LogP) is 12.2. The molecular formula is C45H55N2+. The SMILES string of the molecule is CCCCN1\C(=C/C=C/C=C/C2=[N+](CCCCCC(C)C)c3ccc4ccccc4c3C2(C)C)C(C)(C)c2c1ccc1ccccc21. The van der Waals surface area contributed by atoms with Crippen LogP contribution in [-0.4, -0.2) is 23.4 Å². The molecule has 47 heavy (non-hydrogen) atoms. The Bertz CT molecular complexity index is 1880. The van der Waals surface area contributed by atoms with Crippen LogP contribution in [0.2, 0.25) is 0 Å². The zero-order chi connectivity index (χ0) is 33.2. The number of allylic oxidation sites excluding steroid dienone is 6. The van der Waals surface area contributed by atoms with E-state index < -0.39 is 0 Å². The van der Waals surface area contributed by atoms with Crippen molar-refractivity contribution in [3.8, 4) is 0 Å². The average Bonchev–Trinajstić information content (AvgIpc) is 3.41. The van der Waals surface area contributed by atoms with E-state index in [2.05, 4.69) is 161 Å². The molecule has 2 aliphatic heterocycles. The Kier molecular flexibility index (Phi) is 9.60. The first-order valence-electron chi connectivity index (χ1n) is 18.2. The Morgan fingerprint density at radius 1 is 0.702 bits per heavy atom. The fourth-order valence-corrected chi connectivity index (χ4v) is 8.23. The topological polar surface area (TPSA) is 6.25 Å². The molecule has 2 aliphatic rings. The van der Waals surface area contributed by atoms with E-state index in [1.165, 1.54) is 94.0 Å². The highest BCUT2D eigenvalue weighted by Gasteiger charge is 2.45. The van der Waals surface area contributed by atoms with Crippen LogP contribution in [-0.2, 0) is 10.8 Å². The number of nitrogens with zero attached hydrogens (tertiary/aromatic N) is 2. The molecule has 4 aromatic rings. The van der Waals surface area contributed by atoms with Crippen LogP contribution in [0.1, 0.15) is 98.1 Å². The normalized spacial score (nSPS) is 17.8. The zero-order valence-corrected chi connectivity index (χ0v) is 29.9. The lowest BCUT2D eigenvalue weighted by Gasteiger charge is -2.27. The molecule has 6 rings (SSSR count). The van der Waals surface area contributed by atoms with Gasteiger partial charge in [-0.25, -0.2) is 0 Å². The molecule has 0 aliphatic carbocycles. The molecule has 0 saturated heterocycles. The number of fused-ring (bicyclic) bond motifs is 6. The Morgan fingerprint density at radius 2 is 1.38 bits per heavy atom. The van der Waals surface area contributed by atoms with Crippen LogP contribution in [0.5, 0.6) is 0 Å². The van der Waals surface area contributed by atoms with Crippen molar-refractivity contribution >= 4 is 38.6 Å². The van der Waals surface area contributed by atoms with E-state index in [0.29, 0.717) is 0 Å². The van der Waals surface area contributed by atoms with Crippen molar-refractivity contribution in [3.05, 3.63) is 120 Å². The molecule has 0 saturated carbocycles. The minimum absolute atomic E-state index is 0.0742. The summed E-state index contributed by atoms with van der Waals surface area (Å²) < 4.78 is 2.62. The highest BCUT2D eigenvalue weighted by molar-refractivity contribution is 6.07. The van der Waals surface area contributed by atoms with Crippen molar-refractivity contribution in [1.82, 2.24) is 0 Å². The molecular weight excluding hydrogens is 569 g/mol. The largest absolute Gasteiger partial charge is 0.344 e. The van der Waals surface area contributed by atoms with Crippen molar-refractivity contribution in [1.29, 1.82) is 0 Å². The number of benzene rings is 4. The van der Waals surface area contributed by atoms with Crippen LogP contribution in [0.3, 0.4) is 0 Å². The van der Waals surface area contributed by atoms with E-state index in [0.717, 1.165) is 19.0 Å². The first kappa shape index (κ1) is 33.0. The first-order chi connectivity index (χ1) is 22.7. The third-order valence-electron chi connectivity index (χ3n) is 10.6. The summed E-state index contributed by atoms with van der Waals surface area (Å²) in [4.78, 5) is 2.58. The number of anilines is 1. The maximum atomic E-state index is 2.62. The molecule has 0 atom stereocenters. The van der Waals surface area contributed by atoms with Crippen molar-refractivity contribution in [2.75, 3.05) is 18.0 Å². The van der Waals surface area contributed by atoms with Gasteiger partial charge in [0.25, 0.3) is 0 Å². The second-order valence-electron chi connectivity index (χ2n) is 15.2.